The Hall–Kier alpha value is -5.05. The van der Waals surface area contributed by atoms with Gasteiger partial charge in [-0.2, -0.15) is 0 Å². The zero-order valence-electron chi connectivity index (χ0n) is 27.7. The lowest BCUT2D eigenvalue weighted by Gasteiger charge is -2.44. The highest BCUT2D eigenvalue weighted by atomic mass is 35.5. The normalized spacial score (nSPS) is 15.6. The number of thiazole rings is 1. The van der Waals surface area contributed by atoms with Crippen molar-refractivity contribution >= 4 is 68.8 Å². The molecule has 1 unspecified atom stereocenters. The first kappa shape index (κ1) is 33.8. The molecule has 1 fully saturated rings. The minimum absolute atomic E-state index is 0.112. The first-order chi connectivity index (χ1) is 23.5. The molecule has 4 aromatic rings. The van der Waals surface area contributed by atoms with Gasteiger partial charge in [-0.1, -0.05) is 41.1 Å². The number of rotatable bonds is 9. The standard InChI is InChI=1S/C34H36ClN9O4S/c1-19-8-6-9-22(35)29(19)40-33(47)27-17-36-34(49-27)41-30-26(48-5)12-11-23(38-30)21-16-24-31(37-20(21)2)44-15-14-43(18-25(44)32(46)39-24)28(45)10-7-13-42(3)4/h6-12,16-17,25H,13-15,18H2,1-5H3,(H,39,46)(H,40,47)(H,36,38,41)/b10-7+. The van der Waals surface area contributed by atoms with Crippen LogP contribution in [-0.4, -0.2) is 95.9 Å². The van der Waals surface area contributed by atoms with E-state index >= 15 is 0 Å². The number of hydrogen-bond acceptors (Lipinski definition) is 11. The molecular weight excluding hydrogens is 666 g/mol. The summed E-state index contributed by atoms with van der Waals surface area (Å²) in [6, 6.07) is 10.3. The van der Waals surface area contributed by atoms with E-state index in [0.29, 0.717) is 74.8 Å². The molecule has 2 aliphatic heterocycles. The fourth-order valence-corrected chi connectivity index (χ4v) is 6.64. The lowest BCUT2D eigenvalue weighted by atomic mass is 10.0. The maximum atomic E-state index is 13.3. The molecule has 13 nitrogen and oxygen atoms in total. The second-order valence-corrected chi connectivity index (χ2v) is 13.4. The molecule has 3 aromatic heterocycles. The third kappa shape index (κ3) is 7.21. The smallest absolute Gasteiger partial charge is 0.267 e. The molecule has 6 rings (SSSR count). The number of ether oxygens (including phenoxy) is 1. The van der Waals surface area contributed by atoms with E-state index in [-0.39, 0.29) is 24.3 Å². The average molecular weight is 702 g/mol. The van der Waals surface area contributed by atoms with Crippen molar-refractivity contribution in [1.29, 1.82) is 0 Å². The zero-order chi connectivity index (χ0) is 34.8. The van der Waals surface area contributed by atoms with Crippen molar-refractivity contribution in [2.75, 3.05) is 68.2 Å². The number of fused-ring (bicyclic) bond motifs is 3. The second-order valence-electron chi connectivity index (χ2n) is 11.9. The fourth-order valence-electron chi connectivity index (χ4n) is 5.66. The number of aromatic nitrogens is 3. The van der Waals surface area contributed by atoms with E-state index in [2.05, 4.69) is 20.9 Å². The van der Waals surface area contributed by atoms with Crippen LogP contribution in [0.1, 0.15) is 20.9 Å². The van der Waals surface area contributed by atoms with Crippen molar-refractivity contribution in [3.05, 3.63) is 75.9 Å². The summed E-state index contributed by atoms with van der Waals surface area (Å²) in [5, 5.41) is 9.93. The molecule has 0 aliphatic carbocycles. The van der Waals surface area contributed by atoms with Gasteiger partial charge in [-0.25, -0.2) is 15.0 Å². The SMILES string of the molecule is COc1ccc(-c2cc3c(nc2C)N2CCN(C(=O)/C=C/CN(C)C)CC2C(=O)N3)nc1Nc1ncc(C(=O)Nc2c(C)cccc2Cl)s1. The van der Waals surface area contributed by atoms with Crippen LogP contribution in [0.15, 0.2) is 54.7 Å². The van der Waals surface area contributed by atoms with Crippen LogP contribution in [-0.2, 0) is 9.59 Å². The molecule has 3 amide bonds. The van der Waals surface area contributed by atoms with Crippen LogP contribution in [0.25, 0.3) is 11.3 Å². The monoisotopic (exact) mass is 701 g/mol. The van der Waals surface area contributed by atoms with E-state index in [1.54, 1.807) is 30.2 Å². The minimum Gasteiger partial charge on any atom is -0.493 e. The topological polar surface area (TPSA) is 145 Å². The molecule has 5 heterocycles. The Kier molecular flexibility index (Phi) is 9.81. The van der Waals surface area contributed by atoms with Gasteiger partial charge in [-0.15, -0.1) is 0 Å². The van der Waals surface area contributed by atoms with E-state index < -0.39 is 6.04 Å². The molecule has 2 aliphatic rings. The highest BCUT2D eigenvalue weighted by molar-refractivity contribution is 7.17. The molecule has 0 radical (unpaired) electrons. The summed E-state index contributed by atoms with van der Waals surface area (Å²) in [4.78, 5) is 59.2. The number of carbonyl (C=O) groups is 3. The summed E-state index contributed by atoms with van der Waals surface area (Å²) in [6.07, 6.45) is 4.87. The van der Waals surface area contributed by atoms with Crippen molar-refractivity contribution in [3.8, 4) is 17.0 Å². The number of pyridine rings is 2. The molecule has 1 atom stereocenters. The van der Waals surface area contributed by atoms with Crippen LogP contribution < -0.4 is 25.6 Å². The number of anilines is 5. The summed E-state index contributed by atoms with van der Waals surface area (Å²) >= 11 is 7.45. The van der Waals surface area contributed by atoms with E-state index in [1.165, 1.54) is 6.20 Å². The van der Waals surface area contributed by atoms with E-state index in [9.17, 15) is 14.4 Å². The van der Waals surface area contributed by atoms with Crippen molar-refractivity contribution in [3.63, 3.8) is 0 Å². The number of halogens is 1. The Morgan fingerprint density at radius 1 is 1.18 bits per heavy atom. The Labute approximate surface area is 293 Å². The summed E-state index contributed by atoms with van der Waals surface area (Å²) in [6.45, 7) is 5.64. The summed E-state index contributed by atoms with van der Waals surface area (Å²) in [7, 11) is 5.41. The number of piperazine rings is 1. The molecule has 254 valence electrons. The Morgan fingerprint density at radius 2 is 2.00 bits per heavy atom. The second kappa shape index (κ2) is 14.2. The van der Waals surface area contributed by atoms with Gasteiger partial charge in [0.1, 0.15) is 10.9 Å². The minimum atomic E-state index is -0.543. The quantitative estimate of drug-likeness (QED) is 0.205. The van der Waals surface area contributed by atoms with Gasteiger partial charge >= 0.3 is 0 Å². The van der Waals surface area contributed by atoms with Gasteiger partial charge in [-0.05, 0) is 57.8 Å². The third-order valence-electron chi connectivity index (χ3n) is 8.22. The zero-order valence-corrected chi connectivity index (χ0v) is 29.3. The molecule has 49 heavy (non-hydrogen) atoms. The lowest BCUT2D eigenvalue weighted by Crippen LogP contribution is -2.61. The van der Waals surface area contributed by atoms with Crippen LogP contribution in [0.5, 0.6) is 5.75 Å². The maximum Gasteiger partial charge on any atom is 0.267 e. The Morgan fingerprint density at radius 3 is 2.76 bits per heavy atom. The number of likely N-dealkylation sites (N-methyl/N-ethyl adjacent to an activating group) is 1. The van der Waals surface area contributed by atoms with E-state index in [1.807, 2.05) is 68.1 Å². The van der Waals surface area contributed by atoms with Crippen LogP contribution in [0.2, 0.25) is 5.02 Å². The number of para-hydroxylation sites is 1. The van der Waals surface area contributed by atoms with Crippen molar-refractivity contribution in [2.45, 2.75) is 19.9 Å². The van der Waals surface area contributed by atoms with Crippen molar-refractivity contribution in [1.82, 2.24) is 24.8 Å². The molecular formula is C34H36ClN9O4S. The predicted octanol–water partition coefficient (Wildman–Crippen LogP) is 4.96. The number of carbonyl (C=O) groups excluding carboxylic acids is 3. The van der Waals surface area contributed by atoms with Gasteiger partial charge in [0, 0.05) is 37.0 Å². The van der Waals surface area contributed by atoms with Crippen LogP contribution in [0, 0.1) is 13.8 Å². The van der Waals surface area contributed by atoms with Crippen LogP contribution in [0.3, 0.4) is 0 Å². The largest absolute Gasteiger partial charge is 0.493 e. The number of benzene rings is 1. The molecule has 1 aromatic carbocycles. The predicted molar refractivity (Wildman–Crippen MR) is 192 cm³/mol. The van der Waals surface area contributed by atoms with Gasteiger partial charge in [0.05, 0.1) is 41.9 Å². The summed E-state index contributed by atoms with van der Waals surface area (Å²) in [5.74, 6) is 0.885. The summed E-state index contributed by atoms with van der Waals surface area (Å²) in [5.41, 5.74) is 4.00. The number of amides is 3. The molecule has 0 saturated carbocycles. The highest BCUT2D eigenvalue weighted by Gasteiger charge is 2.39. The first-order valence-electron chi connectivity index (χ1n) is 15.6. The van der Waals surface area contributed by atoms with Gasteiger partial charge in [0.15, 0.2) is 22.5 Å². The Balaban J connectivity index is 1.20. The highest BCUT2D eigenvalue weighted by Crippen LogP contribution is 2.38. The third-order valence-corrected chi connectivity index (χ3v) is 9.44. The first-order valence-corrected chi connectivity index (χ1v) is 16.8. The van der Waals surface area contributed by atoms with Crippen molar-refractivity contribution in [2.24, 2.45) is 0 Å². The van der Waals surface area contributed by atoms with Gasteiger partial charge in [0.25, 0.3) is 5.91 Å². The van der Waals surface area contributed by atoms with Crippen LogP contribution in [0.4, 0.5) is 28.1 Å². The van der Waals surface area contributed by atoms with E-state index in [0.717, 1.165) is 22.5 Å². The fraction of sp³-hybridized carbons (Fsp3) is 0.294. The molecule has 1 saturated heterocycles. The van der Waals surface area contributed by atoms with Crippen molar-refractivity contribution < 1.29 is 19.1 Å². The number of nitrogens with zero attached hydrogens (tertiary/aromatic N) is 6. The van der Waals surface area contributed by atoms with Gasteiger partial charge in [-0.3, -0.25) is 14.4 Å². The summed E-state index contributed by atoms with van der Waals surface area (Å²) < 4.78 is 5.56. The number of nitrogens with one attached hydrogen (secondary N) is 3. The molecule has 0 bridgehead atoms. The van der Waals surface area contributed by atoms with Gasteiger partial charge < -0.3 is 35.4 Å². The lowest BCUT2D eigenvalue weighted by molar-refractivity contribution is -0.128. The number of aryl methyl sites for hydroxylation is 2. The van der Waals surface area contributed by atoms with E-state index in [4.69, 9.17) is 26.3 Å². The number of methoxy groups -OCH3 is 1. The van der Waals surface area contributed by atoms with Crippen LogP contribution >= 0.6 is 22.9 Å². The maximum absolute atomic E-state index is 13.3. The van der Waals surface area contributed by atoms with Gasteiger partial charge in [0.2, 0.25) is 11.8 Å². The Bertz CT molecular complexity index is 1940. The molecule has 0 spiro atoms. The molecule has 15 heteroatoms. The number of hydrogen-bond donors (Lipinski definition) is 3. The average Bonchev–Trinajstić information content (AvgIpc) is 3.55. The molecule has 3 N–H and O–H groups in total.